The van der Waals surface area contributed by atoms with Crippen LogP contribution in [-0.2, 0) is 0 Å². The van der Waals surface area contributed by atoms with Crippen molar-refractivity contribution in [2.75, 3.05) is 6.61 Å². The molecule has 1 unspecified atom stereocenters. The van der Waals surface area contributed by atoms with Gasteiger partial charge in [0.25, 0.3) is 0 Å². The van der Waals surface area contributed by atoms with E-state index in [9.17, 15) is 0 Å². The van der Waals surface area contributed by atoms with Crippen LogP contribution >= 0.6 is 11.6 Å². The van der Waals surface area contributed by atoms with Crippen LogP contribution in [0, 0.1) is 0 Å². The molecular formula is C6H11ClO. The number of alkyl halides is 1. The molecule has 1 atom stereocenters. The maximum Gasteiger partial charge on any atom is 0.0612 e. The minimum atomic E-state index is 0.0853. The monoisotopic (exact) mass is 134 g/mol. The van der Waals surface area contributed by atoms with Gasteiger partial charge in [0.1, 0.15) is 0 Å². The molecule has 0 saturated carbocycles. The minimum absolute atomic E-state index is 0.0853. The van der Waals surface area contributed by atoms with Crippen LogP contribution in [0.1, 0.15) is 13.3 Å². The Morgan fingerprint density at radius 2 is 2.38 bits per heavy atom. The first-order chi connectivity index (χ1) is 3.81. The standard InChI is InChI=1S/C6H11ClO/c1-2-6(7)4-3-5-8/h3-4,6,8H,2,5H2,1H3. The van der Waals surface area contributed by atoms with Crippen molar-refractivity contribution in [3.05, 3.63) is 12.2 Å². The predicted molar refractivity (Wildman–Crippen MR) is 36.2 cm³/mol. The molecule has 0 spiro atoms. The number of hydrogen-bond donors (Lipinski definition) is 1. The lowest BCUT2D eigenvalue weighted by molar-refractivity contribution is 0.342. The minimum Gasteiger partial charge on any atom is -0.392 e. The average molecular weight is 135 g/mol. The summed E-state index contributed by atoms with van der Waals surface area (Å²) in [6, 6.07) is 0. The van der Waals surface area contributed by atoms with Crippen molar-refractivity contribution >= 4 is 11.6 Å². The number of hydrogen-bond acceptors (Lipinski definition) is 1. The van der Waals surface area contributed by atoms with E-state index in [1.165, 1.54) is 0 Å². The first kappa shape index (κ1) is 7.99. The van der Waals surface area contributed by atoms with Gasteiger partial charge in [0, 0.05) is 0 Å². The molecule has 0 rings (SSSR count). The third-order valence-electron chi connectivity index (χ3n) is 0.840. The topological polar surface area (TPSA) is 20.2 Å². The van der Waals surface area contributed by atoms with Crippen LogP contribution in [0.5, 0.6) is 0 Å². The zero-order valence-corrected chi connectivity index (χ0v) is 5.73. The smallest absolute Gasteiger partial charge is 0.0612 e. The first-order valence-corrected chi connectivity index (χ1v) is 3.16. The molecule has 48 valence electrons. The van der Waals surface area contributed by atoms with Gasteiger partial charge >= 0.3 is 0 Å². The molecule has 0 aromatic carbocycles. The highest BCUT2D eigenvalue weighted by Crippen LogP contribution is 2.00. The lowest BCUT2D eigenvalue weighted by atomic mass is 10.3. The second-order valence-corrected chi connectivity index (χ2v) is 2.10. The zero-order valence-electron chi connectivity index (χ0n) is 4.97. The molecule has 0 heterocycles. The van der Waals surface area contributed by atoms with Crippen LogP contribution in [0.25, 0.3) is 0 Å². The van der Waals surface area contributed by atoms with Crippen molar-refractivity contribution in [1.82, 2.24) is 0 Å². The third kappa shape index (κ3) is 4.16. The van der Waals surface area contributed by atoms with E-state index in [2.05, 4.69) is 0 Å². The molecule has 0 aliphatic rings. The van der Waals surface area contributed by atoms with Crippen molar-refractivity contribution in [2.24, 2.45) is 0 Å². The largest absolute Gasteiger partial charge is 0.392 e. The van der Waals surface area contributed by atoms with Gasteiger partial charge in [-0.1, -0.05) is 19.1 Å². The van der Waals surface area contributed by atoms with Gasteiger partial charge in [0.05, 0.1) is 12.0 Å². The quantitative estimate of drug-likeness (QED) is 0.459. The molecule has 0 bridgehead atoms. The van der Waals surface area contributed by atoms with Gasteiger partial charge in [-0.15, -0.1) is 11.6 Å². The van der Waals surface area contributed by atoms with Gasteiger partial charge < -0.3 is 5.11 Å². The van der Waals surface area contributed by atoms with E-state index >= 15 is 0 Å². The Hall–Kier alpha value is -0.0100. The zero-order chi connectivity index (χ0) is 6.41. The summed E-state index contributed by atoms with van der Waals surface area (Å²) in [4.78, 5) is 0. The summed E-state index contributed by atoms with van der Waals surface area (Å²) in [5.74, 6) is 0. The van der Waals surface area contributed by atoms with Crippen LogP contribution in [0.2, 0.25) is 0 Å². The van der Waals surface area contributed by atoms with E-state index in [-0.39, 0.29) is 12.0 Å². The van der Waals surface area contributed by atoms with Crippen LogP contribution in [-0.4, -0.2) is 17.1 Å². The molecule has 0 radical (unpaired) electrons. The van der Waals surface area contributed by atoms with Crippen molar-refractivity contribution in [1.29, 1.82) is 0 Å². The summed E-state index contributed by atoms with van der Waals surface area (Å²) in [5.41, 5.74) is 0. The number of halogens is 1. The highest BCUT2D eigenvalue weighted by atomic mass is 35.5. The second-order valence-electron chi connectivity index (χ2n) is 1.53. The molecule has 0 aliphatic heterocycles. The molecule has 1 N–H and O–H groups in total. The Morgan fingerprint density at radius 1 is 1.75 bits per heavy atom. The second kappa shape index (κ2) is 5.13. The van der Waals surface area contributed by atoms with E-state index < -0.39 is 0 Å². The van der Waals surface area contributed by atoms with E-state index in [0.29, 0.717) is 0 Å². The molecule has 0 amide bonds. The summed E-state index contributed by atoms with van der Waals surface area (Å²) in [6.07, 6.45) is 4.36. The van der Waals surface area contributed by atoms with Gasteiger partial charge in [0.15, 0.2) is 0 Å². The van der Waals surface area contributed by atoms with E-state index in [1.807, 2.05) is 6.92 Å². The molecule has 0 aromatic heterocycles. The fourth-order valence-electron chi connectivity index (χ4n) is 0.345. The lowest BCUT2D eigenvalue weighted by Crippen LogP contribution is -1.88. The summed E-state index contributed by atoms with van der Waals surface area (Å²) in [6.45, 7) is 2.09. The molecule has 0 aliphatic carbocycles. The molecule has 1 nitrogen and oxygen atoms in total. The summed E-state index contributed by atoms with van der Waals surface area (Å²) >= 11 is 5.65. The van der Waals surface area contributed by atoms with Crippen LogP contribution in [0.4, 0.5) is 0 Å². The van der Waals surface area contributed by atoms with Crippen LogP contribution in [0.15, 0.2) is 12.2 Å². The Bertz CT molecular complexity index is 70.9. The number of aliphatic hydroxyl groups is 1. The molecular weight excluding hydrogens is 124 g/mol. The predicted octanol–water partition coefficient (Wildman–Crippen LogP) is 1.55. The SMILES string of the molecule is CCC(Cl)C=CCO. The first-order valence-electron chi connectivity index (χ1n) is 2.72. The van der Waals surface area contributed by atoms with E-state index in [4.69, 9.17) is 16.7 Å². The fraction of sp³-hybridized carbons (Fsp3) is 0.667. The molecule has 2 heteroatoms. The van der Waals surface area contributed by atoms with Crippen molar-refractivity contribution < 1.29 is 5.11 Å². The maximum absolute atomic E-state index is 8.27. The third-order valence-corrected chi connectivity index (χ3v) is 1.29. The van der Waals surface area contributed by atoms with E-state index in [0.717, 1.165) is 6.42 Å². The highest BCUT2D eigenvalue weighted by molar-refractivity contribution is 6.21. The Labute approximate surface area is 55.0 Å². The maximum atomic E-state index is 8.27. The van der Waals surface area contributed by atoms with Crippen molar-refractivity contribution in [3.8, 4) is 0 Å². The highest BCUT2D eigenvalue weighted by Gasteiger charge is 1.90. The fourth-order valence-corrected chi connectivity index (χ4v) is 0.447. The van der Waals surface area contributed by atoms with Gasteiger partial charge in [-0.3, -0.25) is 0 Å². The van der Waals surface area contributed by atoms with Crippen molar-refractivity contribution in [3.63, 3.8) is 0 Å². The normalized spacial score (nSPS) is 14.9. The number of aliphatic hydroxyl groups excluding tert-OH is 1. The van der Waals surface area contributed by atoms with Gasteiger partial charge in [-0.25, -0.2) is 0 Å². The Kier molecular flexibility index (Phi) is 5.13. The van der Waals surface area contributed by atoms with Gasteiger partial charge in [-0.2, -0.15) is 0 Å². The van der Waals surface area contributed by atoms with Crippen molar-refractivity contribution in [2.45, 2.75) is 18.7 Å². The molecule has 0 fully saturated rings. The Morgan fingerprint density at radius 3 is 2.75 bits per heavy atom. The summed E-state index contributed by atoms with van der Waals surface area (Å²) in [7, 11) is 0. The number of allylic oxidation sites excluding steroid dienone is 1. The average Bonchev–Trinajstić information content (AvgIpc) is 1.83. The summed E-state index contributed by atoms with van der Waals surface area (Å²) in [5, 5.41) is 8.35. The van der Waals surface area contributed by atoms with Gasteiger partial charge in [-0.05, 0) is 6.42 Å². The summed E-state index contributed by atoms with van der Waals surface area (Å²) < 4.78 is 0. The molecule has 0 saturated heterocycles. The number of rotatable bonds is 3. The molecule has 8 heavy (non-hydrogen) atoms. The van der Waals surface area contributed by atoms with E-state index in [1.54, 1.807) is 12.2 Å². The van der Waals surface area contributed by atoms with Gasteiger partial charge in [0.2, 0.25) is 0 Å². The lowest BCUT2D eigenvalue weighted by Gasteiger charge is -1.93. The van der Waals surface area contributed by atoms with Crippen LogP contribution in [0.3, 0.4) is 0 Å². The Balaban J connectivity index is 3.21. The molecule has 0 aromatic rings. The van der Waals surface area contributed by atoms with Crippen LogP contribution < -0.4 is 0 Å².